The average Bonchev–Trinajstić information content (AvgIpc) is 2.84. The Bertz CT molecular complexity index is 1170. The number of nitrogens with one attached hydrogen (secondary N) is 1. The molecule has 0 unspecified atom stereocenters. The van der Waals surface area contributed by atoms with Gasteiger partial charge >= 0.3 is 5.97 Å². The van der Waals surface area contributed by atoms with Gasteiger partial charge in [0, 0.05) is 16.1 Å². The van der Waals surface area contributed by atoms with E-state index in [0.717, 1.165) is 10.0 Å². The van der Waals surface area contributed by atoms with E-state index in [4.69, 9.17) is 9.47 Å². The molecule has 0 saturated heterocycles. The highest BCUT2D eigenvalue weighted by Crippen LogP contribution is 2.22. The molecule has 0 fully saturated rings. The molecule has 174 valence electrons. The minimum atomic E-state index is -0.526. The minimum Gasteiger partial charge on any atom is -0.484 e. The molecule has 0 aliphatic carbocycles. The zero-order valence-corrected chi connectivity index (χ0v) is 20.5. The molecule has 3 rings (SSSR count). The van der Waals surface area contributed by atoms with Crippen molar-refractivity contribution in [1.29, 1.82) is 0 Å². The van der Waals surface area contributed by atoms with Crippen molar-refractivity contribution in [2.75, 3.05) is 6.61 Å². The van der Waals surface area contributed by atoms with Crippen molar-refractivity contribution in [2.24, 2.45) is 5.10 Å². The topological polar surface area (TPSA) is 77.0 Å². The van der Waals surface area contributed by atoms with Crippen LogP contribution in [0.25, 0.3) is 6.08 Å². The van der Waals surface area contributed by atoms with Crippen molar-refractivity contribution in [3.05, 3.63) is 100 Å². The van der Waals surface area contributed by atoms with Gasteiger partial charge < -0.3 is 9.47 Å². The minimum absolute atomic E-state index is 0.178. The molecular weight excluding hydrogens is 496 g/mol. The van der Waals surface area contributed by atoms with Crippen molar-refractivity contribution < 1.29 is 19.1 Å². The van der Waals surface area contributed by atoms with Gasteiger partial charge in [-0.25, -0.2) is 10.2 Å². The molecule has 0 bridgehead atoms. The van der Waals surface area contributed by atoms with Gasteiger partial charge in [-0.1, -0.05) is 72.2 Å². The predicted molar refractivity (Wildman–Crippen MR) is 137 cm³/mol. The summed E-state index contributed by atoms with van der Waals surface area (Å²) >= 11 is 3.39. The smallest absolute Gasteiger partial charge is 0.336 e. The number of benzene rings is 3. The zero-order chi connectivity index (χ0) is 24.3. The molecule has 1 N–H and O–H groups in total. The summed E-state index contributed by atoms with van der Waals surface area (Å²) in [7, 11) is 0. The lowest BCUT2D eigenvalue weighted by Gasteiger charge is -2.08. The highest BCUT2D eigenvalue weighted by atomic mass is 79.9. The van der Waals surface area contributed by atoms with Crippen LogP contribution in [0.2, 0.25) is 0 Å². The summed E-state index contributed by atoms with van der Waals surface area (Å²) < 4.78 is 11.7. The SMILES string of the molecule is CC(C)c1ccc(OCC(=O)N/N=C/c2cc(Br)ccc2OC(=O)/C=C/c2ccccc2)cc1. The van der Waals surface area contributed by atoms with E-state index < -0.39 is 11.9 Å². The fraction of sp³-hybridized carbons (Fsp3) is 0.148. The Morgan fingerprint density at radius 1 is 1.03 bits per heavy atom. The first kappa shape index (κ1) is 24.9. The molecule has 6 nitrogen and oxygen atoms in total. The van der Waals surface area contributed by atoms with Gasteiger partial charge in [0.05, 0.1) is 6.21 Å². The number of halogens is 1. The molecule has 3 aromatic rings. The monoisotopic (exact) mass is 520 g/mol. The largest absolute Gasteiger partial charge is 0.484 e. The lowest BCUT2D eigenvalue weighted by atomic mass is 10.0. The van der Waals surface area contributed by atoms with Gasteiger partial charge in [0.25, 0.3) is 5.91 Å². The Hall–Kier alpha value is -3.71. The van der Waals surface area contributed by atoms with Crippen molar-refractivity contribution in [1.82, 2.24) is 5.43 Å². The molecule has 34 heavy (non-hydrogen) atoms. The van der Waals surface area contributed by atoms with Crippen LogP contribution in [0.1, 0.15) is 36.5 Å². The van der Waals surface area contributed by atoms with Crippen molar-refractivity contribution >= 4 is 40.1 Å². The van der Waals surface area contributed by atoms with Crippen molar-refractivity contribution in [2.45, 2.75) is 19.8 Å². The first-order valence-electron chi connectivity index (χ1n) is 10.7. The van der Waals surface area contributed by atoms with Gasteiger partial charge in [-0.05, 0) is 53.5 Å². The van der Waals surface area contributed by atoms with E-state index in [-0.39, 0.29) is 6.61 Å². The Balaban J connectivity index is 1.55. The number of nitrogens with zero attached hydrogens (tertiary/aromatic N) is 1. The standard InChI is InChI=1S/C27H25BrN2O4/c1-19(2)21-9-12-24(13-10-21)33-18-26(31)30-29-17-22-16-23(28)11-14-25(22)34-27(32)15-8-20-6-4-3-5-7-20/h3-17,19H,18H2,1-2H3,(H,30,31)/b15-8+,29-17+. The summed E-state index contributed by atoms with van der Waals surface area (Å²) in [6, 6.07) is 22.2. The van der Waals surface area contributed by atoms with Crippen LogP contribution in [0.15, 0.2) is 88.4 Å². The van der Waals surface area contributed by atoms with Gasteiger partial charge in [-0.3, -0.25) is 4.79 Å². The van der Waals surface area contributed by atoms with E-state index in [0.29, 0.717) is 23.0 Å². The number of hydrogen-bond donors (Lipinski definition) is 1. The van der Waals surface area contributed by atoms with Gasteiger partial charge in [-0.15, -0.1) is 0 Å². The first-order valence-corrected chi connectivity index (χ1v) is 11.5. The van der Waals surface area contributed by atoms with Gasteiger partial charge in [0.15, 0.2) is 6.61 Å². The molecule has 0 atom stereocenters. The third kappa shape index (κ3) is 8.01. The van der Waals surface area contributed by atoms with Crippen molar-refractivity contribution in [3.63, 3.8) is 0 Å². The molecule has 0 heterocycles. The number of carbonyl (C=O) groups excluding carboxylic acids is 2. The number of carbonyl (C=O) groups is 2. The Morgan fingerprint density at radius 3 is 2.47 bits per heavy atom. The van der Waals surface area contributed by atoms with Crippen LogP contribution in [-0.4, -0.2) is 24.7 Å². The maximum absolute atomic E-state index is 12.2. The van der Waals surface area contributed by atoms with Crippen LogP contribution in [0.4, 0.5) is 0 Å². The molecule has 3 aromatic carbocycles. The normalized spacial score (nSPS) is 11.2. The highest BCUT2D eigenvalue weighted by molar-refractivity contribution is 9.10. The number of amides is 1. The second-order valence-corrected chi connectivity index (χ2v) is 8.57. The van der Waals surface area contributed by atoms with Crippen LogP contribution < -0.4 is 14.9 Å². The number of rotatable bonds is 9. The predicted octanol–water partition coefficient (Wildman–Crippen LogP) is 5.72. The van der Waals surface area contributed by atoms with Crippen LogP contribution in [0.5, 0.6) is 11.5 Å². The molecule has 0 radical (unpaired) electrons. The zero-order valence-electron chi connectivity index (χ0n) is 18.9. The van der Waals surface area contributed by atoms with Crippen molar-refractivity contribution in [3.8, 4) is 11.5 Å². The fourth-order valence-corrected chi connectivity index (χ4v) is 3.27. The number of esters is 1. The fourth-order valence-electron chi connectivity index (χ4n) is 2.89. The van der Waals surface area contributed by atoms with E-state index in [2.05, 4.69) is 40.3 Å². The van der Waals surface area contributed by atoms with Gasteiger partial charge in [0.1, 0.15) is 11.5 Å². The van der Waals surface area contributed by atoms with Gasteiger partial charge in [0.2, 0.25) is 0 Å². The maximum Gasteiger partial charge on any atom is 0.336 e. The third-order valence-electron chi connectivity index (χ3n) is 4.70. The van der Waals surface area contributed by atoms with E-state index >= 15 is 0 Å². The lowest BCUT2D eigenvalue weighted by Crippen LogP contribution is -2.24. The maximum atomic E-state index is 12.2. The molecule has 0 aliphatic heterocycles. The summed E-state index contributed by atoms with van der Waals surface area (Å²) in [5.41, 5.74) is 5.01. The summed E-state index contributed by atoms with van der Waals surface area (Å²) in [6.45, 7) is 4.05. The molecular formula is C27H25BrN2O4. The van der Waals surface area contributed by atoms with E-state index in [1.807, 2.05) is 54.6 Å². The van der Waals surface area contributed by atoms with Crippen LogP contribution >= 0.6 is 15.9 Å². The Morgan fingerprint density at radius 2 is 1.76 bits per heavy atom. The molecule has 0 aliphatic rings. The molecule has 0 saturated carbocycles. The quantitative estimate of drug-likeness (QED) is 0.129. The molecule has 0 spiro atoms. The summed E-state index contributed by atoms with van der Waals surface area (Å²) in [4.78, 5) is 24.3. The van der Waals surface area contributed by atoms with E-state index in [1.54, 1.807) is 24.3 Å². The summed E-state index contributed by atoms with van der Waals surface area (Å²) in [5, 5.41) is 3.96. The van der Waals surface area contributed by atoms with Gasteiger partial charge in [-0.2, -0.15) is 5.10 Å². The molecule has 7 heteroatoms. The highest BCUT2D eigenvalue weighted by Gasteiger charge is 2.08. The lowest BCUT2D eigenvalue weighted by molar-refractivity contribution is -0.129. The second kappa shape index (κ2) is 12.5. The Labute approximate surface area is 207 Å². The van der Waals surface area contributed by atoms with Crippen LogP contribution in [0.3, 0.4) is 0 Å². The number of hydrazone groups is 1. The number of hydrogen-bond acceptors (Lipinski definition) is 5. The second-order valence-electron chi connectivity index (χ2n) is 7.65. The van der Waals surface area contributed by atoms with E-state index in [9.17, 15) is 9.59 Å². The Kier molecular flexibility index (Phi) is 9.17. The van der Waals surface area contributed by atoms with Crippen LogP contribution in [0, 0.1) is 0 Å². The molecule has 1 amide bonds. The summed E-state index contributed by atoms with van der Waals surface area (Å²) in [6.07, 6.45) is 4.43. The van der Waals surface area contributed by atoms with E-state index in [1.165, 1.54) is 17.9 Å². The average molecular weight is 521 g/mol. The molecule has 0 aromatic heterocycles. The summed E-state index contributed by atoms with van der Waals surface area (Å²) in [5.74, 6) is 0.401. The first-order chi connectivity index (χ1) is 16.4. The third-order valence-corrected chi connectivity index (χ3v) is 5.20. The number of ether oxygens (including phenoxy) is 2. The van der Waals surface area contributed by atoms with Crippen LogP contribution in [-0.2, 0) is 9.59 Å².